The zero-order chi connectivity index (χ0) is 31.4. The Balaban J connectivity index is 1.34. The molecule has 2 aromatic carbocycles. The van der Waals surface area contributed by atoms with Crippen molar-refractivity contribution in [1.82, 2.24) is 14.6 Å². The Morgan fingerprint density at radius 1 is 1.09 bits per heavy atom. The first kappa shape index (κ1) is 29.1. The summed E-state index contributed by atoms with van der Waals surface area (Å²) in [5, 5.41) is 16.9. The van der Waals surface area contributed by atoms with E-state index in [4.69, 9.17) is 20.7 Å². The third-order valence-corrected chi connectivity index (χ3v) is 8.75. The highest BCUT2D eigenvalue weighted by atomic mass is 16.5. The summed E-state index contributed by atoms with van der Waals surface area (Å²) in [4.78, 5) is 33.7. The van der Waals surface area contributed by atoms with Gasteiger partial charge in [0.1, 0.15) is 23.0 Å². The number of fused-ring (bicyclic) bond motifs is 2. The van der Waals surface area contributed by atoms with Crippen LogP contribution in [0, 0.1) is 45.1 Å². The number of ether oxygens (including phenoxy) is 1. The molecule has 1 aliphatic rings. The molecule has 44 heavy (non-hydrogen) atoms. The standard InChI is InChI=1S/C34H35N5O5/c1-16-10-19(4)29(20(5)11-16)44-34(42)28-26(35-7)15-39-32(28)37-31(38-39)22-9-8-18(3)24(14-22)36-25-13-17(2)12-23-27(33(40)41)21(6)43-30(23)25/h8-9,12-16,19-20,29,36H,10-11H2,1-6H3,(H,37,38)(H,40,41). The number of nitrogens with zero attached hydrogens (tertiary/aromatic N) is 3. The van der Waals surface area contributed by atoms with Gasteiger partial charge in [-0.2, -0.15) is 0 Å². The van der Waals surface area contributed by atoms with Crippen LogP contribution in [0.5, 0.6) is 0 Å². The molecular weight excluding hydrogens is 558 g/mol. The lowest BCUT2D eigenvalue weighted by Gasteiger charge is -2.37. The van der Waals surface area contributed by atoms with E-state index in [9.17, 15) is 14.7 Å². The van der Waals surface area contributed by atoms with Crippen molar-refractivity contribution in [2.75, 3.05) is 5.32 Å². The lowest BCUT2D eigenvalue weighted by molar-refractivity contribution is -0.0249. The number of nitrogens with one attached hydrogen (secondary N) is 2. The lowest BCUT2D eigenvalue weighted by Crippen LogP contribution is -2.37. The number of aryl methyl sites for hydroxylation is 3. The number of esters is 1. The van der Waals surface area contributed by atoms with Crippen LogP contribution in [0.25, 0.3) is 32.8 Å². The lowest BCUT2D eigenvalue weighted by atomic mass is 9.75. The molecule has 226 valence electrons. The first-order valence-corrected chi connectivity index (χ1v) is 14.8. The number of H-pyrrole nitrogens is 1. The highest BCUT2D eigenvalue weighted by Crippen LogP contribution is 2.38. The summed E-state index contributed by atoms with van der Waals surface area (Å²) in [7, 11) is 0. The molecular formula is C34H35N5O5. The number of benzene rings is 2. The molecule has 1 fully saturated rings. The van der Waals surface area contributed by atoms with Gasteiger partial charge in [-0.15, -0.1) is 0 Å². The molecule has 0 spiro atoms. The molecule has 0 radical (unpaired) electrons. The van der Waals surface area contributed by atoms with E-state index in [1.807, 2.05) is 44.2 Å². The number of carboxylic acids is 1. The molecule has 1 saturated carbocycles. The summed E-state index contributed by atoms with van der Waals surface area (Å²) in [6.45, 7) is 19.7. The third-order valence-electron chi connectivity index (χ3n) is 8.75. The van der Waals surface area contributed by atoms with Crippen LogP contribution >= 0.6 is 0 Å². The van der Waals surface area contributed by atoms with E-state index in [1.165, 1.54) is 0 Å². The molecule has 3 N–H and O–H groups in total. The van der Waals surface area contributed by atoms with Gasteiger partial charge < -0.3 is 19.6 Å². The van der Waals surface area contributed by atoms with E-state index in [-0.39, 0.29) is 34.8 Å². The highest BCUT2D eigenvalue weighted by molar-refractivity contribution is 6.07. The number of furan rings is 1. The van der Waals surface area contributed by atoms with Crippen LogP contribution in [-0.4, -0.2) is 37.7 Å². The summed E-state index contributed by atoms with van der Waals surface area (Å²) in [6, 6.07) is 9.52. The molecule has 1 aliphatic carbocycles. The van der Waals surface area contributed by atoms with Gasteiger partial charge in [-0.1, -0.05) is 32.9 Å². The number of aromatic amines is 1. The van der Waals surface area contributed by atoms with Crippen LogP contribution in [0.4, 0.5) is 17.1 Å². The second kappa shape index (κ2) is 10.9. The molecule has 3 aromatic heterocycles. The molecule has 10 nitrogen and oxygen atoms in total. The van der Waals surface area contributed by atoms with E-state index in [1.54, 1.807) is 17.6 Å². The van der Waals surface area contributed by atoms with Crippen molar-refractivity contribution in [1.29, 1.82) is 0 Å². The second-order valence-electron chi connectivity index (χ2n) is 12.4. The first-order chi connectivity index (χ1) is 20.9. The first-order valence-electron chi connectivity index (χ1n) is 14.8. The number of carboxylic acid groups (broad SMARTS) is 1. The molecule has 0 aliphatic heterocycles. The van der Waals surface area contributed by atoms with Crippen molar-refractivity contribution in [3.63, 3.8) is 0 Å². The Morgan fingerprint density at radius 3 is 2.50 bits per heavy atom. The number of carbonyl (C=O) groups is 2. The average Bonchev–Trinajstić information content (AvgIpc) is 3.61. The number of carbonyl (C=O) groups excluding carboxylic acids is 1. The molecule has 6 rings (SSSR count). The number of aromatic carboxylic acids is 1. The zero-order valence-corrected chi connectivity index (χ0v) is 25.6. The number of hydrogen-bond donors (Lipinski definition) is 3. The Labute approximate surface area is 254 Å². The predicted molar refractivity (Wildman–Crippen MR) is 168 cm³/mol. The van der Waals surface area contributed by atoms with Crippen molar-refractivity contribution in [2.45, 2.75) is 60.5 Å². The maximum atomic E-state index is 13.5. The molecule has 0 amide bonds. The molecule has 5 aromatic rings. The number of aromatic nitrogens is 3. The Bertz CT molecular complexity index is 1980. The monoisotopic (exact) mass is 593 g/mol. The fourth-order valence-electron chi connectivity index (χ4n) is 6.81. The van der Waals surface area contributed by atoms with Gasteiger partial charge in [0.05, 0.1) is 12.3 Å². The van der Waals surface area contributed by atoms with Gasteiger partial charge in [-0.3, -0.25) is 9.61 Å². The number of rotatable bonds is 6. The van der Waals surface area contributed by atoms with E-state index in [2.05, 4.69) is 36.0 Å². The van der Waals surface area contributed by atoms with Crippen molar-refractivity contribution in [3.05, 3.63) is 76.0 Å². The summed E-state index contributed by atoms with van der Waals surface area (Å²) < 4.78 is 13.5. The molecule has 3 heterocycles. The normalized spacial score (nSPS) is 20.1. The van der Waals surface area contributed by atoms with Crippen LogP contribution in [0.15, 0.2) is 40.9 Å². The summed E-state index contributed by atoms with van der Waals surface area (Å²) in [5.41, 5.74) is 5.32. The van der Waals surface area contributed by atoms with Gasteiger partial charge in [-0.05, 0) is 80.7 Å². The molecule has 0 saturated heterocycles. The molecule has 0 bridgehead atoms. The van der Waals surface area contributed by atoms with Crippen LogP contribution in [-0.2, 0) is 4.74 Å². The van der Waals surface area contributed by atoms with Crippen molar-refractivity contribution >= 4 is 45.6 Å². The third kappa shape index (κ3) is 4.98. The molecule has 2 unspecified atom stereocenters. The summed E-state index contributed by atoms with van der Waals surface area (Å²) in [6.07, 6.45) is 3.34. The Kier molecular flexibility index (Phi) is 7.20. The predicted octanol–water partition coefficient (Wildman–Crippen LogP) is 8.22. The van der Waals surface area contributed by atoms with Crippen LogP contribution in [0.2, 0.25) is 0 Å². The van der Waals surface area contributed by atoms with Crippen LogP contribution in [0.1, 0.15) is 71.2 Å². The summed E-state index contributed by atoms with van der Waals surface area (Å²) >= 11 is 0. The average molecular weight is 594 g/mol. The summed E-state index contributed by atoms with van der Waals surface area (Å²) in [5.74, 6) is 0.337. The van der Waals surface area contributed by atoms with E-state index in [0.29, 0.717) is 39.8 Å². The van der Waals surface area contributed by atoms with Gasteiger partial charge in [0.15, 0.2) is 17.1 Å². The fraction of sp³-hybridized carbons (Fsp3) is 0.353. The van der Waals surface area contributed by atoms with E-state index in [0.717, 1.165) is 35.2 Å². The maximum absolute atomic E-state index is 13.5. The van der Waals surface area contributed by atoms with Crippen molar-refractivity contribution in [3.8, 4) is 11.4 Å². The minimum Gasteiger partial charge on any atom is -0.478 e. The van der Waals surface area contributed by atoms with Gasteiger partial charge in [0.2, 0.25) is 5.69 Å². The number of anilines is 2. The molecule has 2 atom stereocenters. The second-order valence-corrected chi connectivity index (χ2v) is 12.4. The Morgan fingerprint density at radius 2 is 1.82 bits per heavy atom. The highest BCUT2D eigenvalue weighted by Gasteiger charge is 2.35. The van der Waals surface area contributed by atoms with E-state index < -0.39 is 11.9 Å². The fourth-order valence-corrected chi connectivity index (χ4v) is 6.81. The van der Waals surface area contributed by atoms with Crippen LogP contribution < -0.4 is 5.32 Å². The zero-order valence-electron chi connectivity index (χ0n) is 25.6. The van der Waals surface area contributed by atoms with E-state index >= 15 is 0 Å². The molecule has 10 heteroatoms. The van der Waals surface area contributed by atoms with Gasteiger partial charge in [-0.25, -0.2) is 19.4 Å². The number of hydrogen-bond acceptors (Lipinski definition) is 6. The smallest absolute Gasteiger partial charge is 0.339 e. The minimum atomic E-state index is -1.04. The van der Waals surface area contributed by atoms with Gasteiger partial charge in [0.25, 0.3) is 0 Å². The van der Waals surface area contributed by atoms with Gasteiger partial charge in [0, 0.05) is 22.8 Å². The minimum absolute atomic E-state index is 0.152. The van der Waals surface area contributed by atoms with Crippen molar-refractivity contribution < 1.29 is 23.8 Å². The maximum Gasteiger partial charge on any atom is 0.339 e. The van der Waals surface area contributed by atoms with Crippen LogP contribution in [0.3, 0.4) is 0 Å². The largest absolute Gasteiger partial charge is 0.478 e. The quantitative estimate of drug-likeness (QED) is 0.134. The van der Waals surface area contributed by atoms with Gasteiger partial charge >= 0.3 is 11.9 Å². The van der Waals surface area contributed by atoms with Crippen molar-refractivity contribution in [2.24, 2.45) is 17.8 Å². The Hall–Kier alpha value is -5.04. The SMILES string of the molecule is [C-]#[N+]c1cn2[nH]c(-c3ccc(C)c(Nc4cc(C)cc5c(C(=O)O)c(C)oc45)c3)nc2c1C(=O)OC1C(C)CC(C)CC1C. The topological polar surface area (TPSA) is 126 Å².